The summed E-state index contributed by atoms with van der Waals surface area (Å²) in [5.41, 5.74) is 11.0. The Labute approximate surface area is 514 Å². The number of pyridine rings is 1. The second kappa shape index (κ2) is 32.9. The molecule has 7 rings (SSSR count). The van der Waals surface area contributed by atoms with E-state index in [1.165, 1.54) is 6.07 Å². The summed E-state index contributed by atoms with van der Waals surface area (Å²) in [6.45, 7) is 16.7. The molecule has 0 bridgehead atoms. The zero-order valence-corrected chi connectivity index (χ0v) is 51.9. The second-order valence-corrected chi connectivity index (χ2v) is 24.6. The van der Waals surface area contributed by atoms with Gasteiger partial charge in [0.2, 0.25) is 11.8 Å². The molecule has 24 nitrogen and oxygen atoms in total. The Morgan fingerprint density at radius 2 is 1.28 bits per heavy atom. The van der Waals surface area contributed by atoms with Crippen LogP contribution in [0.4, 0.5) is 15.9 Å². The number of imidazole rings is 1. The number of nitrogens with zero attached hydrogens (tertiary/aromatic N) is 8. The number of hydrogen-bond donors (Lipinski definition) is 7. The minimum atomic E-state index is -1.03. The summed E-state index contributed by atoms with van der Waals surface area (Å²) in [7, 11) is 0. The monoisotopic (exact) mass is 1240 g/mol. The van der Waals surface area contributed by atoms with Gasteiger partial charge in [0.1, 0.15) is 17.5 Å². The number of ether oxygens (including phenoxy) is 4. The van der Waals surface area contributed by atoms with Gasteiger partial charge in [0.15, 0.2) is 0 Å². The third kappa shape index (κ3) is 22.5. The van der Waals surface area contributed by atoms with E-state index in [4.69, 9.17) is 46.3 Å². The number of aromatic nitrogens is 3. The number of piperidine rings is 1. The van der Waals surface area contributed by atoms with Crippen molar-refractivity contribution in [3.63, 3.8) is 0 Å². The number of anilines is 2. The van der Waals surface area contributed by atoms with E-state index in [0.717, 1.165) is 51.8 Å². The molecule has 4 aromatic rings. The highest BCUT2D eigenvalue weighted by Crippen LogP contribution is 2.46. The fraction of sp³-hybridized carbons (Fsp3) is 0.623. The number of carboxylic acid groups (broad SMARTS) is 3. The van der Waals surface area contributed by atoms with Crippen molar-refractivity contribution in [2.75, 3.05) is 161 Å². The molecule has 480 valence electrons. The first kappa shape index (κ1) is 68.4. The Bertz CT molecular complexity index is 2870. The number of carbonyl (C=O) groups is 5. The molecule has 5 heterocycles. The van der Waals surface area contributed by atoms with Crippen molar-refractivity contribution in [2.45, 2.75) is 96.4 Å². The van der Waals surface area contributed by atoms with Gasteiger partial charge in [-0.05, 0) is 108 Å². The molecule has 3 aliphatic rings. The number of aryl methyl sites for hydroxylation is 1. The van der Waals surface area contributed by atoms with Gasteiger partial charge in [-0.2, -0.15) is 0 Å². The van der Waals surface area contributed by atoms with E-state index in [0.29, 0.717) is 141 Å². The average Bonchev–Trinajstić information content (AvgIpc) is 1.82. The molecule has 2 aromatic carbocycles. The lowest BCUT2D eigenvalue weighted by molar-refractivity contribution is -0.140. The van der Waals surface area contributed by atoms with Crippen molar-refractivity contribution >= 4 is 63.9 Å². The molecule has 0 spiro atoms. The van der Waals surface area contributed by atoms with Crippen LogP contribution >= 0.6 is 11.6 Å². The van der Waals surface area contributed by atoms with E-state index in [1.54, 1.807) is 20.8 Å². The number of halogens is 2. The molecule has 0 radical (unpaired) electrons. The number of nitrogens with two attached hydrogens (primary N) is 1. The summed E-state index contributed by atoms with van der Waals surface area (Å²) < 4.78 is 39.0. The summed E-state index contributed by atoms with van der Waals surface area (Å²) in [6, 6.07) is 10.6. The molecule has 2 aromatic heterocycles. The number of rotatable bonds is 31. The van der Waals surface area contributed by atoms with Gasteiger partial charge < -0.3 is 65.4 Å². The molecule has 26 heteroatoms. The molecule has 3 aliphatic heterocycles. The SMILES string of the molecule is Cc1cc(F)cc(-c2cnc(N3CC(NC(=O)CCCOC(C)(C)CCOC(C)(C)CCOCCOCCNC(=O)CN4CCN(CC(=O)O)CCN(CC(=O)O)CCN(CC(=O)O)CC4)C3)c(-c3nc4ccc(Cl)cc4[nH]3)c2N2CCC(N)CC2)c1. The van der Waals surface area contributed by atoms with Crippen molar-refractivity contribution in [3.8, 4) is 22.5 Å². The zero-order chi connectivity index (χ0) is 62.7. The van der Waals surface area contributed by atoms with Crippen molar-refractivity contribution in [1.82, 2.24) is 45.2 Å². The van der Waals surface area contributed by atoms with Crippen LogP contribution < -0.4 is 26.2 Å². The fourth-order valence-electron chi connectivity index (χ4n) is 10.9. The minimum Gasteiger partial charge on any atom is -0.480 e. The van der Waals surface area contributed by atoms with Gasteiger partial charge in [-0.1, -0.05) is 17.7 Å². The van der Waals surface area contributed by atoms with Crippen molar-refractivity contribution in [3.05, 3.63) is 59.0 Å². The zero-order valence-electron chi connectivity index (χ0n) is 51.1. The van der Waals surface area contributed by atoms with Crippen LogP contribution in [-0.2, 0) is 42.9 Å². The van der Waals surface area contributed by atoms with Crippen LogP contribution in [0.2, 0.25) is 5.02 Å². The van der Waals surface area contributed by atoms with E-state index >= 15 is 4.39 Å². The summed E-state index contributed by atoms with van der Waals surface area (Å²) in [5, 5.41) is 35.0. The molecule has 0 unspecified atom stereocenters. The molecule has 2 amide bonds. The molecular weight excluding hydrogens is 1150 g/mol. The smallest absolute Gasteiger partial charge is 0.317 e. The standard InChI is InChI=1S/C61H90ClFN12O12/c1-42-31-43(33-45(63)32-42)48-35-66-59(56(57(48)74-15-10-46(64)11-16-74)58-68-49-9-8-44(62)34-50(49)69-58)75-36-47(37-75)67-51(76)7-6-25-86-61(4,5)13-27-87-60(2,3)12-26-84-29-30-85-28-14-65-52(77)38-70-17-19-71(39-53(78)79)21-23-73(41-55(82)83)24-22-72(20-18-70)40-54(80)81/h8-9,31-35,46-47H,6-7,10-30,36-41,64H2,1-5H3,(H,65,77)(H,67,76)(H,68,69)(H,78,79)(H,80,81)(H,82,83). The van der Waals surface area contributed by atoms with Gasteiger partial charge in [0.25, 0.3) is 0 Å². The lowest BCUT2D eigenvalue weighted by atomic mass is 9.96. The van der Waals surface area contributed by atoms with E-state index in [9.17, 15) is 39.3 Å². The maximum Gasteiger partial charge on any atom is 0.317 e. The number of H-pyrrole nitrogens is 1. The predicted molar refractivity (Wildman–Crippen MR) is 330 cm³/mol. The number of benzene rings is 2. The minimum absolute atomic E-state index is 0.0173. The van der Waals surface area contributed by atoms with Crippen molar-refractivity contribution < 1.29 is 62.6 Å². The first-order valence-corrected chi connectivity index (χ1v) is 30.6. The van der Waals surface area contributed by atoms with Crippen LogP contribution in [0, 0.1) is 12.7 Å². The molecule has 0 aliphatic carbocycles. The quantitative estimate of drug-likeness (QED) is 0.0344. The fourth-order valence-corrected chi connectivity index (χ4v) is 11.1. The van der Waals surface area contributed by atoms with Crippen LogP contribution in [0.15, 0.2) is 42.6 Å². The largest absolute Gasteiger partial charge is 0.480 e. The summed E-state index contributed by atoms with van der Waals surface area (Å²) in [4.78, 5) is 86.0. The Kier molecular flexibility index (Phi) is 25.9. The third-order valence-electron chi connectivity index (χ3n) is 15.9. The van der Waals surface area contributed by atoms with E-state index in [-0.39, 0.29) is 82.1 Å². The van der Waals surface area contributed by atoms with Gasteiger partial charge in [-0.3, -0.25) is 43.6 Å². The first-order chi connectivity index (χ1) is 41.5. The highest BCUT2D eigenvalue weighted by atomic mass is 35.5. The second-order valence-electron chi connectivity index (χ2n) is 24.2. The van der Waals surface area contributed by atoms with E-state index in [2.05, 4.69) is 25.4 Å². The van der Waals surface area contributed by atoms with Gasteiger partial charge in [-0.15, -0.1) is 0 Å². The van der Waals surface area contributed by atoms with Crippen LogP contribution in [0.25, 0.3) is 33.5 Å². The predicted octanol–water partition coefficient (Wildman–Crippen LogP) is 4.40. The van der Waals surface area contributed by atoms with Crippen LogP contribution in [0.1, 0.15) is 71.8 Å². The number of hydrogen-bond acceptors (Lipinski definition) is 18. The van der Waals surface area contributed by atoms with Gasteiger partial charge >= 0.3 is 17.9 Å². The highest BCUT2D eigenvalue weighted by molar-refractivity contribution is 6.31. The number of carbonyl (C=O) groups excluding carboxylic acids is 2. The normalized spacial score (nSPS) is 17.0. The Morgan fingerprint density at radius 3 is 1.86 bits per heavy atom. The van der Waals surface area contributed by atoms with Gasteiger partial charge in [0.05, 0.1) is 92.1 Å². The number of nitrogens with one attached hydrogen (secondary N) is 3. The number of aromatic amines is 1. The maximum absolute atomic E-state index is 15.0. The molecule has 0 atom stereocenters. The first-order valence-electron chi connectivity index (χ1n) is 30.2. The van der Waals surface area contributed by atoms with E-state index in [1.807, 2.05) is 70.0 Å². The molecular formula is C61H90ClFN12O12. The number of amides is 2. The molecule has 0 saturated carbocycles. The Morgan fingerprint density at radius 1 is 0.713 bits per heavy atom. The molecule has 8 N–H and O–H groups in total. The number of fused-ring (bicyclic) bond motifs is 1. The van der Waals surface area contributed by atoms with Crippen LogP contribution in [0.5, 0.6) is 0 Å². The lowest BCUT2D eigenvalue weighted by Crippen LogP contribution is -2.60. The molecule has 87 heavy (non-hydrogen) atoms. The Balaban J connectivity index is 0.776. The van der Waals surface area contributed by atoms with Gasteiger partial charge in [-0.25, -0.2) is 14.4 Å². The Hall–Kier alpha value is -6.13. The maximum atomic E-state index is 15.0. The van der Waals surface area contributed by atoms with Gasteiger partial charge in [0, 0.05) is 128 Å². The average molecular weight is 1240 g/mol. The van der Waals surface area contributed by atoms with Crippen molar-refractivity contribution in [2.24, 2.45) is 5.73 Å². The number of aliphatic carboxylic acids is 3. The summed E-state index contributed by atoms with van der Waals surface area (Å²) in [5.74, 6) is -2.36. The third-order valence-corrected chi connectivity index (χ3v) is 16.1. The number of carboxylic acids is 3. The van der Waals surface area contributed by atoms with E-state index < -0.39 is 29.1 Å². The summed E-state index contributed by atoms with van der Waals surface area (Å²) >= 11 is 6.42. The summed E-state index contributed by atoms with van der Waals surface area (Å²) in [6.07, 6.45) is 5.57. The topological polar surface area (TPSA) is 294 Å². The van der Waals surface area contributed by atoms with Crippen LogP contribution in [-0.4, -0.2) is 254 Å². The molecule has 3 fully saturated rings. The highest BCUT2D eigenvalue weighted by Gasteiger charge is 2.35. The lowest BCUT2D eigenvalue weighted by Gasteiger charge is -2.42. The van der Waals surface area contributed by atoms with Crippen molar-refractivity contribution in [1.29, 1.82) is 0 Å². The van der Waals surface area contributed by atoms with Crippen LogP contribution in [0.3, 0.4) is 0 Å². The molecule has 3 saturated heterocycles.